The third kappa shape index (κ3) is 1.59. The van der Waals surface area contributed by atoms with Crippen molar-refractivity contribution >= 4 is 15.6 Å². The van der Waals surface area contributed by atoms with Gasteiger partial charge in [-0.05, 0) is 19.1 Å². The maximum atomic E-state index is 11.8. The normalized spacial score (nSPS) is 23.6. The van der Waals surface area contributed by atoms with E-state index in [4.69, 9.17) is 0 Å². The molecule has 0 bridgehead atoms. The zero-order valence-corrected chi connectivity index (χ0v) is 9.47. The predicted molar refractivity (Wildman–Crippen MR) is 56.7 cm³/mol. The zero-order chi connectivity index (χ0) is 11.2. The van der Waals surface area contributed by atoms with Crippen LogP contribution in [0.2, 0.25) is 0 Å². The summed E-state index contributed by atoms with van der Waals surface area (Å²) in [6.45, 7) is 3.50. The summed E-state index contributed by atoms with van der Waals surface area (Å²) in [4.78, 5) is 12.0. The van der Waals surface area contributed by atoms with E-state index in [0.717, 1.165) is 5.56 Å². The van der Waals surface area contributed by atoms with Crippen molar-refractivity contribution in [3.8, 4) is 0 Å². The highest BCUT2D eigenvalue weighted by Crippen LogP contribution is 2.28. The fourth-order valence-electron chi connectivity index (χ4n) is 1.87. The first-order valence-electron chi connectivity index (χ1n) is 4.79. The van der Waals surface area contributed by atoms with Gasteiger partial charge in [0.15, 0.2) is 15.6 Å². The van der Waals surface area contributed by atoms with Crippen molar-refractivity contribution in [2.24, 2.45) is 5.92 Å². The highest BCUT2D eigenvalue weighted by atomic mass is 32.2. The van der Waals surface area contributed by atoms with E-state index in [0.29, 0.717) is 5.56 Å². The lowest BCUT2D eigenvalue weighted by Crippen LogP contribution is -2.29. The van der Waals surface area contributed by atoms with Crippen LogP contribution in [0.5, 0.6) is 0 Å². The average molecular weight is 224 g/mol. The Balaban J connectivity index is 2.75. The Hall–Kier alpha value is -1.16. The van der Waals surface area contributed by atoms with Gasteiger partial charge in [0.1, 0.15) is 0 Å². The van der Waals surface area contributed by atoms with E-state index in [1.165, 1.54) is 6.07 Å². The second-order valence-corrected chi connectivity index (χ2v) is 6.05. The Morgan fingerprint density at radius 2 is 2.00 bits per heavy atom. The van der Waals surface area contributed by atoms with Gasteiger partial charge in [-0.1, -0.05) is 18.6 Å². The Morgan fingerprint density at radius 1 is 1.33 bits per heavy atom. The Labute approximate surface area is 89.0 Å². The Kier molecular flexibility index (Phi) is 2.19. The first kappa shape index (κ1) is 10.4. The minimum Gasteiger partial charge on any atom is -0.294 e. The number of carbonyl (C=O) groups is 1. The molecule has 0 saturated heterocycles. The van der Waals surface area contributed by atoms with Crippen molar-refractivity contribution in [3.63, 3.8) is 0 Å². The molecule has 0 aromatic heterocycles. The van der Waals surface area contributed by atoms with Crippen molar-refractivity contribution in [2.45, 2.75) is 18.7 Å². The monoisotopic (exact) mass is 224 g/mol. The summed E-state index contributed by atoms with van der Waals surface area (Å²) in [6.07, 6.45) is 0. The van der Waals surface area contributed by atoms with Crippen LogP contribution in [0.15, 0.2) is 23.1 Å². The smallest absolute Gasteiger partial charge is 0.179 e. The van der Waals surface area contributed by atoms with E-state index in [-0.39, 0.29) is 16.4 Å². The molecule has 15 heavy (non-hydrogen) atoms. The number of sulfone groups is 1. The van der Waals surface area contributed by atoms with Gasteiger partial charge in [-0.3, -0.25) is 4.79 Å². The van der Waals surface area contributed by atoms with Crippen molar-refractivity contribution in [1.29, 1.82) is 0 Å². The second kappa shape index (κ2) is 3.17. The summed E-state index contributed by atoms with van der Waals surface area (Å²) in [5, 5.41) is 0. The molecule has 0 saturated carbocycles. The molecule has 0 aliphatic carbocycles. The van der Waals surface area contributed by atoms with Crippen LogP contribution >= 0.6 is 0 Å². The topological polar surface area (TPSA) is 51.2 Å². The Morgan fingerprint density at radius 3 is 2.67 bits per heavy atom. The van der Waals surface area contributed by atoms with Gasteiger partial charge in [-0.25, -0.2) is 8.42 Å². The number of ketones is 1. The summed E-state index contributed by atoms with van der Waals surface area (Å²) in [5.74, 6) is -0.560. The number of aryl methyl sites for hydroxylation is 1. The molecule has 0 N–H and O–H groups in total. The minimum atomic E-state index is -3.26. The molecule has 1 unspecified atom stereocenters. The van der Waals surface area contributed by atoms with E-state index in [2.05, 4.69) is 0 Å². The molecule has 1 atom stereocenters. The quantitative estimate of drug-likeness (QED) is 0.672. The first-order chi connectivity index (χ1) is 6.92. The largest absolute Gasteiger partial charge is 0.294 e. The van der Waals surface area contributed by atoms with Crippen LogP contribution in [0.3, 0.4) is 0 Å². The van der Waals surface area contributed by atoms with Crippen LogP contribution < -0.4 is 0 Å². The zero-order valence-electron chi connectivity index (χ0n) is 8.65. The van der Waals surface area contributed by atoms with Gasteiger partial charge < -0.3 is 0 Å². The third-order valence-electron chi connectivity index (χ3n) is 2.65. The van der Waals surface area contributed by atoms with E-state index < -0.39 is 15.8 Å². The fraction of sp³-hybridized carbons (Fsp3) is 0.364. The van der Waals surface area contributed by atoms with Crippen molar-refractivity contribution in [2.75, 3.05) is 5.75 Å². The molecule has 1 aliphatic rings. The molecule has 0 amide bonds. The molecular formula is C11H12O3S. The summed E-state index contributed by atoms with van der Waals surface area (Å²) in [5.41, 5.74) is 1.26. The maximum Gasteiger partial charge on any atom is 0.179 e. The van der Waals surface area contributed by atoms with Gasteiger partial charge in [-0.2, -0.15) is 0 Å². The molecule has 2 rings (SSSR count). The molecule has 0 radical (unpaired) electrons. The van der Waals surface area contributed by atoms with E-state index in [1.807, 2.05) is 6.92 Å². The van der Waals surface area contributed by atoms with Gasteiger partial charge in [-0.15, -0.1) is 0 Å². The first-order valence-corrected chi connectivity index (χ1v) is 6.44. The molecule has 3 nitrogen and oxygen atoms in total. The number of carbonyl (C=O) groups excluding carboxylic acids is 1. The highest BCUT2D eigenvalue weighted by molar-refractivity contribution is 7.91. The van der Waals surface area contributed by atoms with Crippen LogP contribution in [-0.4, -0.2) is 20.0 Å². The van der Waals surface area contributed by atoms with Crippen molar-refractivity contribution < 1.29 is 13.2 Å². The minimum absolute atomic E-state index is 0.0662. The molecule has 1 aromatic rings. The molecule has 0 fully saturated rings. The fourth-order valence-corrected chi connectivity index (χ4v) is 3.63. The molecular weight excluding hydrogens is 212 g/mol. The molecule has 1 aromatic carbocycles. The van der Waals surface area contributed by atoms with E-state index in [9.17, 15) is 13.2 Å². The van der Waals surface area contributed by atoms with Crippen LogP contribution in [0.25, 0.3) is 0 Å². The summed E-state index contributed by atoms with van der Waals surface area (Å²) in [6, 6.07) is 4.91. The summed E-state index contributed by atoms with van der Waals surface area (Å²) >= 11 is 0. The van der Waals surface area contributed by atoms with Crippen LogP contribution in [0.1, 0.15) is 22.8 Å². The number of hydrogen-bond donors (Lipinski definition) is 0. The number of hydrogen-bond acceptors (Lipinski definition) is 3. The molecule has 80 valence electrons. The van der Waals surface area contributed by atoms with Crippen LogP contribution in [0, 0.1) is 12.8 Å². The summed E-state index contributed by atoms with van der Waals surface area (Å²) < 4.78 is 23.6. The molecule has 1 aliphatic heterocycles. The van der Waals surface area contributed by atoms with Gasteiger partial charge in [0.2, 0.25) is 0 Å². The number of Topliss-reactive ketones (excluding diaryl/α,β-unsaturated/α-hetero) is 1. The lowest BCUT2D eigenvalue weighted by molar-refractivity contribution is 0.0933. The number of fused-ring (bicyclic) bond motifs is 1. The van der Waals surface area contributed by atoms with Crippen molar-refractivity contribution in [3.05, 3.63) is 29.3 Å². The lowest BCUT2D eigenvalue weighted by atomic mass is 9.99. The van der Waals surface area contributed by atoms with Crippen LogP contribution in [-0.2, 0) is 9.84 Å². The Bertz CT molecular complexity index is 529. The number of benzene rings is 1. The highest BCUT2D eigenvalue weighted by Gasteiger charge is 2.33. The van der Waals surface area contributed by atoms with E-state index >= 15 is 0 Å². The molecule has 4 heteroatoms. The third-order valence-corrected chi connectivity index (χ3v) is 4.62. The SMILES string of the molecule is Cc1ccc2c(c1)C(=O)C(C)CS2(=O)=O. The summed E-state index contributed by atoms with van der Waals surface area (Å²) in [7, 11) is -3.26. The average Bonchev–Trinajstić information content (AvgIpc) is 2.13. The van der Waals surface area contributed by atoms with Gasteiger partial charge in [0.05, 0.1) is 10.6 Å². The van der Waals surface area contributed by atoms with Gasteiger partial charge in [0, 0.05) is 11.5 Å². The predicted octanol–water partition coefficient (Wildman–Crippen LogP) is 1.60. The lowest BCUT2D eigenvalue weighted by Gasteiger charge is -2.20. The van der Waals surface area contributed by atoms with Crippen molar-refractivity contribution in [1.82, 2.24) is 0 Å². The van der Waals surface area contributed by atoms with Gasteiger partial charge >= 0.3 is 0 Å². The van der Waals surface area contributed by atoms with Crippen LogP contribution in [0.4, 0.5) is 0 Å². The maximum absolute atomic E-state index is 11.8. The molecule has 1 heterocycles. The second-order valence-electron chi connectivity index (χ2n) is 4.05. The standard InChI is InChI=1S/C11H12O3S/c1-7-3-4-10-9(5-7)11(12)8(2)6-15(10,13)14/h3-5,8H,6H2,1-2H3. The molecule has 0 spiro atoms. The van der Waals surface area contributed by atoms with E-state index in [1.54, 1.807) is 19.1 Å². The number of rotatable bonds is 0. The van der Waals surface area contributed by atoms with Gasteiger partial charge in [0.25, 0.3) is 0 Å².